The first-order valence-corrected chi connectivity index (χ1v) is 6.24. The Labute approximate surface area is 119 Å². The highest BCUT2D eigenvalue weighted by atomic mass is 16.1. The Balaban J connectivity index is 2.38. The molecule has 0 radical (unpaired) electrons. The van der Waals surface area contributed by atoms with Crippen LogP contribution >= 0.6 is 0 Å². The van der Waals surface area contributed by atoms with E-state index in [1.165, 1.54) is 0 Å². The molecule has 100 valence electrons. The molecule has 2 rings (SSSR count). The lowest BCUT2D eigenvalue weighted by atomic mass is 10.1. The lowest BCUT2D eigenvalue weighted by molar-refractivity contribution is -0.114. The fourth-order valence-corrected chi connectivity index (χ4v) is 1.87. The van der Waals surface area contributed by atoms with Crippen LogP contribution in [0.1, 0.15) is 0 Å². The van der Waals surface area contributed by atoms with Crippen molar-refractivity contribution in [1.82, 2.24) is 9.80 Å². The fourth-order valence-electron chi connectivity index (χ4n) is 1.87. The summed E-state index contributed by atoms with van der Waals surface area (Å²) in [6, 6.07) is 0. The first kappa shape index (κ1) is 13.6. The normalized spacial score (nSPS) is 17.2. The third-order valence-corrected chi connectivity index (χ3v) is 2.86. The van der Waals surface area contributed by atoms with Gasteiger partial charge in [0.05, 0.1) is 11.4 Å². The molecule has 0 saturated carbocycles. The van der Waals surface area contributed by atoms with Crippen molar-refractivity contribution in [1.29, 1.82) is 0 Å². The number of Topliss-reactive ketones (excluding diaryl/α,β-unsaturated/α-hetero) is 1. The zero-order chi connectivity index (χ0) is 14.4. The second-order valence-corrected chi connectivity index (χ2v) is 4.07. The van der Waals surface area contributed by atoms with Crippen molar-refractivity contribution in [2.24, 2.45) is 0 Å². The highest BCUT2D eigenvalue weighted by Gasteiger charge is 2.21. The molecule has 0 saturated heterocycles. The van der Waals surface area contributed by atoms with Crippen LogP contribution in [0, 0.1) is 0 Å². The van der Waals surface area contributed by atoms with Crippen LogP contribution in [0.15, 0.2) is 98.0 Å². The van der Waals surface area contributed by atoms with Gasteiger partial charge in [-0.1, -0.05) is 37.5 Å². The maximum atomic E-state index is 12.7. The molecule has 0 bridgehead atoms. The maximum Gasteiger partial charge on any atom is 0.226 e. The number of ketones is 1. The lowest BCUT2D eigenvalue weighted by Gasteiger charge is -2.22. The molecule has 0 unspecified atom stereocenters. The highest BCUT2D eigenvalue weighted by molar-refractivity contribution is 6.08. The van der Waals surface area contributed by atoms with Gasteiger partial charge in [0.1, 0.15) is 0 Å². The Morgan fingerprint density at radius 3 is 1.65 bits per heavy atom. The summed E-state index contributed by atoms with van der Waals surface area (Å²) < 4.78 is 0. The molecule has 20 heavy (non-hydrogen) atoms. The summed E-state index contributed by atoms with van der Waals surface area (Å²) in [5.41, 5.74) is 1.07. The number of carbonyl (C=O) groups is 1. The van der Waals surface area contributed by atoms with Crippen LogP contribution in [-0.4, -0.2) is 15.6 Å². The van der Waals surface area contributed by atoms with Crippen molar-refractivity contribution in [2.45, 2.75) is 0 Å². The minimum Gasteiger partial charge on any atom is -0.321 e. The number of hydrogen-bond acceptors (Lipinski definition) is 3. The molecule has 3 heteroatoms. The van der Waals surface area contributed by atoms with Crippen LogP contribution in [0.3, 0.4) is 0 Å². The van der Waals surface area contributed by atoms with Crippen LogP contribution in [0.25, 0.3) is 0 Å². The summed E-state index contributed by atoms with van der Waals surface area (Å²) >= 11 is 0. The molecule has 0 spiro atoms. The van der Waals surface area contributed by atoms with Crippen molar-refractivity contribution in [3.8, 4) is 0 Å². The standard InChI is InChI=1S/C17H16N2O/c1-3-18-13-9-5-7-11-15(18)17(20)16-12-8-6-10-14-19(16)4-2/h3-14H,1-2H2. The largest absolute Gasteiger partial charge is 0.321 e. The quantitative estimate of drug-likeness (QED) is 0.777. The molecule has 0 aliphatic carbocycles. The van der Waals surface area contributed by atoms with Gasteiger partial charge in [0.25, 0.3) is 0 Å². The first-order valence-electron chi connectivity index (χ1n) is 6.24. The zero-order valence-corrected chi connectivity index (χ0v) is 11.1. The van der Waals surface area contributed by atoms with Gasteiger partial charge in [-0.05, 0) is 24.3 Å². The third kappa shape index (κ3) is 2.78. The third-order valence-electron chi connectivity index (χ3n) is 2.86. The summed E-state index contributed by atoms with van der Waals surface area (Å²) in [6.07, 6.45) is 21.4. The minimum absolute atomic E-state index is 0.0998. The Hall–Kier alpha value is -2.81. The van der Waals surface area contributed by atoms with E-state index in [1.807, 2.05) is 36.5 Å². The first-order chi connectivity index (χ1) is 9.77. The second-order valence-electron chi connectivity index (χ2n) is 4.07. The van der Waals surface area contributed by atoms with Gasteiger partial charge in [0.15, 0.2) is 0 Å². The van der Waals surface area contributed by atoms with Crippen LogP contribution in [0.2, 0.25) is 0 Å². The maximum absolute atomic E-state index is 12.7. The Morgan fingerprint density at radius 1 is 0.800 bits per heavy atom. The molecule has 2 aliphatic heterocycles. The molecular weight excluding hydrogens is 248 g/mol. The van der Waals surface area contributed by atoms with E-state index < -0.39 is 0 Å². The molecular formula is C17H16N2O. The molecule has 0 amide bonds. The molecule has 0 aromatic rings. The van der Waals surface area contributed by atoms with Gasteiger partial charge in [-0.25, -0.2) is 0 Å². The van der Waals surface area contributed by atoms with E-state index in [0.29, 0.717) is 11.4 Å². The predicted molar refractivity (Wildman–Crippen MR) is 81.8 cm³/mol. The van der Waals surface area contributed by atoms with E-state index in [-0.39, 0.29) is 5.78 Å². The van der Waals surface area contributed by atoms with E-state index in [1.54, 1.807) is 46.8 Å². The van der Waals surface area contributed by atoms with Gasteiger partial charge in [-0.15, -0.1) is 0 Å². The summed E-state index contributed by atoms with van der Waals surface area (Å²) in [5, 5.41) is 0. The van der Waals surface area contributed by atoms with Crippen molar-refractivity contribution in [3.63, 3.8) is 0 Å². The molecule has 3 nitrogen and oxygen atoms in total. The summed E-state index contributed by atoms with van der Waals surface area (Å²) in [4.78, 5) is 16.1. The van der Waals surface area contributed by atoms with Crippen LogP contribution in [0.4, 0.5) is 0 Å². The van der Waals surface area contributed by atoms with Gasteiger partial charge >= 0.3 is 0 Å². The van der Waals surface area contributed by atoms with Crippen LogP contribution in [-0.2, 0) is 4.79 Å². The summed E-state index contributed by atoms with van der Waals surface area (Å²) in [6.45, 7) is 7.47. The average Bonchev–Trinajstić information content (AvgIpc) is 2.85. The summed E-state index contributed by atoms with van der Waals surface area (Å²) in [5.74, 6) is -0.0998. The van der Waals surface area contributed by atoms with E-state index in [4.69, 9.17) is 0 Å². The van der Waals surface area contributed by atoms with Gasteiger partial charge in [0, 0.05) is 24.8 Å². The lowest BCUT2D eigenvalue weighted by Crippen LogP contribution is -2.24. The molecule has 0 aromatic heterocycles. The monoisotopic (exact) mass is 264 g/mol. The fraction of sp³-hybridized carbons (Fsp3) is 0. The van der Waals surface area contributed by atoms with Gasteiger partial charge in [-0.2, -0.15) is 0 Å². The summed E-state index contributed by atoms with van der Waals surface area (Å²) in [7, 11) is 0. The van der Waals surface area contributed by atoms with E-state index in [2.05, 4.69) is 13.2 Å². The Bertz CT molecular complexity index is 548. The number of allylic oxidation sites excluding steroid dienone is 8. The molecule has 0 fully saturated rings. The van der Waals surface area contributed by atoms with E-state index >= 15 is 0 Å². The van der Waals surface area contributed by atoms with Crippen molar-refractivity contribution in [2.75, 3.05) is 0 Å². The molecule has 2 heterocycles. The van der Waals surface area contributed by atoms with Crippen LogP contribution in [0.5, 0.6) is 0 Å². The molecule has 2 aliphatic rings. The number of hydrogen-bond donors (Lipinski definition) is 0. The minimum atomic E-state index is -0.0998. The van der Waals surface area contributed by atoms with Crippen molar-refractivity contribution in [3.05, 3.63) is 98.0 Å². The SMILES string of the molecule is C=CN1C=CC=CC=C1C(=O)C1=CC=CC=CN1C=C. The van der Waals surface area contributed by atoms with E-state index in [9.17, 15) is 4.79 Å². The number of rotatable bonds is 4. The average molecular weight is 264 g/mol. The van der Waals surface area contributed by atoms with E-state index in [0.717, 1.165) is 0 Å². The van der Waals surface area contributed by atoms with Crippen molar-refractivity contribution >= 4 is 5.78 Å². The topological polar surface area (TPSA) is 23.6 Å². The van der Waals surface area contributed by atoms with Gasteiger partial charge < -0.3 is 9.80 Å². The van der Waals surface area contributed by atoms with Crippen LogP contribution < -0.4 is 0 Å². The van der Waals surface area contributed by atoms with Gasteiger partial charge in [0.2, 0.25) is 5.78 Å². The Kier molecular flexibility index (Phi) is 4.35. The Morgan fingerprint density at radius 2 is 1.25 bits per heavy atom. The smallest absolute Gasteiger partial charge is 0.226 e. The number of carbonyl (C=O) groups excluding carboxylic acids is 1. The second kappa shape index (κ2) is 6.38. The van der Waals surface area contributed by atoms with Gasteiger partial charge in [-0.3, -0.25) is 4.79 Å². The van der Waals surface area contributed by atoms with Crippen molar-refractivity contribution < 1.29 is 4.79 Å². The number of nitrogens with zero attached hydrogens (tertiary/aromatic N) is 2. The molecule has 0 atom stereocenters. The molecule has 0 N–H and O–H groups in total. The predicted octanol–water partition coefficient (Wildman–Crippen LogP) is 3.38. The zero-order valence-electron chi connectivity index (χ0n) is 11.1. The molecule has 0 aromatic carbocycles. The highest BCUT2D eigenvalue weighted by Crippen LogP contribution is 2.19.